The molecule has 0 saturated carbocycles. The molecule has 2 aromatic carbocycles. The fourth-order valence-electron chi connectivity index (χ4n) is 2.11. The van der Waals surface area contributed by atoms with Gasteiger partial charge in [-0.1, -0.05) is 29.8 Å². The van der Waals surface area contributed by atoms with Crippen LogP contribution in [0.4, 0.5) is 4.39 Å². The molecule has 0 aromatic heterocycles. The van der Waals surface area contributed by atoms with Crippen molar-refractivity contribution in [3.8, 4) is 5.75 Å². The van der Waals surface area contributed by atoms with E-state index in [-0.39, 0.29) is 12.3 Å². The van der Waals surface area contributed by atoms with Gasteiger partial charge in [-0.3, -0.25) is 4.79 Å². The Morgan fingerprint density at radius 1 is 1.22 bits per heavy atom. The molecule has 2 rings (SSSR count). The van der Waals surface area contributed by atoms with E-state index in [1.165, 1.54) is 12.1 Å². The average Bonchev–Trinajstić information content (AvgIpc) is 2.50. The lowest BCUT2D eigenvalue weighted by Crippen LogP contribution is -2.29. The fourth-order valence-corrected chi connectivity index (χ4v) is 2.27. The van der Waals surface area contributed by atoms with Gasteiger partial charge in [0.2, 0.25) is 5.91 Å². The number of hydrogen-bond donors (Lipinski definition) is 1. The summed E-state index contributed by atoms with van der Waals surface area (Å²) in [5.41, 5.74) is 2.49. The van der Waals surface area contributed by atoms with Gasteiger partial charge in [0.15, 0.2) is 0 Å². The van der Waals surface area contributed by atoms with Crippen LogP contribution in [0.15, 0.2) is 36.4 Å². The molecule has 0 aliphatic heterocycles. The summed E-state index contributed by atoms with van der Waals surface area (Å²) < 4.78 is 19.3. The molecular weight excluding hydrogens is 317 g/mol. The summed E-state index contributed by atoms with van der Waals surface area (Å²) >= 11 is 5.68. The number of carbonyl (C=O) groups excluding carboxylic acids is 1. The van der Waals surface area contributed by atoms with Gasteiger partial charge in [0, 0.05) is 5.02 Å². The molecular formula is C18H19ClFNO2. The Balaban J connectivity index is 1.77. The van der Waals surface area contributed by atoms with Gasteiger partial charge in [0.25, 0.3) is 0 Å². The fraction of sp³-hybridized carbons (Fsp3) is 0.278. The van der Waals surface area contributed by atoms with Crippen molar-refractivity contribution < 1.29 is 13.9 Å². The van der Waals surface area contributed by atoms with E-state index < -0.39 is 5.82 Å². The smallest absolute Gasteiger partial charge is 0.224 e. The first-order valence-electron chi connectivity index (χ1n) is 7.36. The van der Waals surface area contributed by atoms with Crippen molar-refractivity contribution in [2.24, 2.45) is 0 Å². The number of carbonyl (C=O) groups is 1. The molecule has 0 aliphatic carbocycles. The molecule has 2 aromatic rings. The molecule has 0 heterocycles. The van der Waals surface area contributed by atoms with Crippen LogP contribution in [0.25, 0.3) is 0 Å². The molecule has 0 radical (unpaired) electrons. The summed E-state index contributed by atoms with van der Waals surface area (Å²) in [4.78, 5) is 11.8. The summed E-state index contributed by atoms with van der Waals surface area (Å²) in [6, 6.07) is 10.3. The normalized spacial score (nSPS) is 10.4. The maximum Gasteiger partial charge on any atom is 0.224 e. The Hall–Kier alpha value is -2.07. The van der Waals surface area contributed by atoms with Crippen molar-refractivity contribution >= 4 is 17.5 Å². The van der Waals surface area contributed by atoms with Gasteiger partial charge >= 0.3 is 0 Å². The lowest BCUT2D eigenvalue weighted by atomic mass is 10.1. The Labute approximate surface area is 140 Å². The first-order valence-corrected chi connectivity index (χ1v) is 7.74. The molecule has 0 unspecified atom stereocenters. The van der Waals surface area contributed by atoms with Crippen molar-refractivity contribution in [1.82, 2.24) is 5.32 Å². The molecule has 1 amide bonds. The molecule has 0 saturated heterocycles. The minimum Gasteiger partial charge on any atom is -0.491 e. The number of amides is 1. The second-order valence-corrected chi connectivity index (χ2v) is 5.82. The average molecular weight is 336 g/mol. The maximum atomic E-state index is 13.6. The number of nitrogens with one attached hydrogen (secondary N) is 1. The Bertz CT molecular complexity index is 703. The van der Waals surface area contributed by atoms with Crippen LogP contribution in [0.2, 0.25) is 5.02 Å². The Kier molecular flexibility index (Phi) is 5.99. The first kappa shape index (κ1) is 17.3. The van der Waals surface area contributed by atoms with Crippen LogP contribution in [-0.2, 0) is 11.2 Å². The first-order chi connectivity index (χ1) is 11.0. The van der Waals surface area contributed by atoms with E-state index in [2.05, 4.69) is 5.32 Å². The topological polar surface area (TPSA) is 38.3 Å². The second kappa shape index (κ2) is 7.97. The number of rotatable bonds is 6. The van der Waals surface area contributed by atoms with Crippen molar-refractivity contribution in [3.05, 3.63) is 63.9 Å². The molecule has 3 nitrogen and oxygen atoms in total. The van der Waals surface area contributed by atoms with Gasteiger partial charge in [-0.15, -0.1) is 0 Å². The summed E-state index contributed by atoms with van der Waals surface area (Å²) in [5, 5.41) is 3.03. The van der Waals surface area contributed by atoms with E-state index in [9.17, 15) is 9.18 Å². The summed E-state index contributed by atoms with van der Waals surface area (Å²) in [6.07, 6.45) is -0.0214. The zero-order valence-electron chi connectivity index (χ0n) is 13.2. The maximum absolute atomic E-state index is 13.6. The van der Waals surface area contributed by atoms with E-state index in [4.69, 9.17) is 16.3 Å². The molecule has 0 fully saturated rings. The molecule has 5 heteroatoms. The third-order valence-corrected chi connectivity index (χ3v) is 3.63. The van der Waals surface area contributed by atoms with Crippen LogP contribution in [-0.4, -0.2) is 19.1 Å². The molecule has 0 atom stereocenters. The summed E-state index contributed by atoms with van der Waals surface area (Å²) in [6.45, 7) is 4.69. The minimum atomic E-state index is -0.473. The number of hydrogen-bond acceptors (Lipinski definition) is 2. The van der Waals surface area contributed by atoms with E-state index in [0.29, 0.717) is 23.7 Å². The third-order valence-electron chi connectivity index (χ3n) is 3.39. The highest BCUT2D eigenvalue weighted by molar-refractivity contribution is 6.30. The largest absolute Gasteiger partial charge is 0.491 e. The molecule has 0 aliphatic rings. The van der Waals surface area contributed by atoms with Crippen LogP contribution in [0.3, 0.4) is 0 Å². The number of halogens is 2. The Morgan fingerprint density at radius 3 is 2.74 bits per heavy atom. The van der Waals surface area contributed by atoms with Crippen LogP contribution in [0, 0.1) is 19.7 Å². The van der Waals surface area contributed by atoms with Gasteiger partial charge in [-0.05, 0) is 48.7 Å². The van der Waals surface area contributed by atoms with Gasteiger partial charge < -0.3 is 10.1 Å². The summed E-state index contributed by atoms with van der Waals surface area (Å²) in [7, 11) is 0. The predicted octanol–water partition coefficient (Wildman–Crippen LogP) is 3.83. The lowest BCUT2D eigenvalue weighted by Gasteiger charge is -2.11. The SMILES string of the molecule is Cc1ccc(C)c(OCCNC(=O)Cc2ccc(Cl)cc2F)c1. The van der Waals surface area contributed by atoms with Gasteiger partial charge in [0.1, 0.15) is 18.2 Å². The van der Waals surface area contributed by atoms with Crippen molar-refractivity contribution in [2.75, 3.05) is 13.2 Å². The van der Waals surface area contributed by atoms with E-state index in [1.807, 2.05) is 32.0 Å². The van der Waals surface area contributed by atoms with E-state index in [0.717, 1.165) is 16.9 Å². The number of benzene rings is 2. The van der Waals surface area contributed by atoms with Crippen molar-refractivity contribution in [3.63, 3.8) is 0 Å². The zero-order valence-corrected chi connectivity index (χ0v) is 13.9. The van der Waals surface area contributed by atoms with Gasteiger partial charge in [0.05, 0.1) is 13.0 Å². The van der Waals surface area contributed by atoms with E-state index >= 15 is 0 Å². The van der Waals surface area contributed by atoms with E-state index in [1.54, 1.807) is 6.07 Å². The lowest BCUT2D eigenvalue weighted by molar-refractivity contribution is -0.120. The van der Waals surface area contributed by atoms with Crippen LogP contribution < -0.4 is 10.1 Å². The molecule has 0 bridgehead atoms. The highest BCUT2D eigenvalue weighted by Gasteiger charge is 2.08. The Morgan fingerprint density at radius 2 is 2.00 bits per heavy atom. The van der Waals surface area contributed by atoms with Crippen LogP contribution >= 0.6 is 11.6 Å². The standard InChI is InChI=1S/C18H19ClFNO2/c1-12-3-4-13(2)17(9-12)23-8-7-21-18(22)10-14-5-6-15(19)11-16(14)20/h3-6,9,11H,7-8,10H2,1-2H3,(H,21,22). The molecule has 122 valence electrons. The quantitative estimate of drug-likeness (QED) is 0.815. The number of ether oxygens (including phenoxy) is 1. The molecule has 0 spiro atoms. The highest BCUT2D eigenvalue weighted by Crippen LogP contribution is 2.18. The minimum absolute atomic E-state index is 0.0214. The van der Waals surface area contributed by atoms with Crippen molar-refractivity contribution in [2.45, 2.75) is 20.3 Å². The number of aryl methyl sites for hydroxylation is 2. The third kappa shape index (κ3) is 5.25. The van der Waals surface area contributed by atoms with Crippen LogP contribution in [0.1, 0.15) is 16.7 Å². The summed E-state index contributed by atoms with van der Waals surface area (Å²) in [5.74, 6) is 0.0815. The molecule has 23 heavy (non-hydrogen) atoms. The second-order valence-electron chi connectivity index (χ2n) is 5.38. The highest BCUT2D eigenvalue weighted by atomic mass is 35.5. The van der Waals surface area contributed by atoms with Crippen molar-refractivity contribution in [1.29, 1.82) is 0 Å². The predicted molar refractivity (Wildman–Crippen MR) is 89.5 cm³/mol. The zero-order chi connectivity index (χ0) is 16.8. The monoisotopic (exact) mass is 335 g/mol. The van der Waals surface area contributed by atoms with Gasteiger partial charge in [-0.2, -0.15) is 0 Å². The molecule has 1 N–H and O–H groups in total. The van der Waals surface area contributed by atoms with Gasteiger partial charge in [-0.25, -0.2) is 4.39 Å². The van der Waals surface area contributed by atoms with Crippen LogP contribution in [0.5, 0.6) is 5.75 Å².